The molecule has 1 heterocycles. The molecule has 3 amide bonds. The molecule has 0 bridgehead atoms. The van der Waals surface area contributed by atoms with E-state index in [2.05, 4.69) is 10.6 Å². The smallest absolute Gasteiger partial charge is 0.316 e. The van der Waals surface area contributed by atoms with Crippen LogP contribution in [0.3, 0.4) is 0 Å². The van der Waals surface area contributed by atoms with E-state index in [0.29, 0.717) is 36.1 Å². The normalized spacial score (nSPS) is 14.8. The number of anilines is 1. The molecule has 1 aliphatic heterocycles. The standard InChI is InChI=1S/C23H30BN4O4.C2H6/c1-32-24-20-9-6-14-28(20)22(30)15-26-23(31)18-11-12-19(17-8-3-2-7-16(17)18)27-21(29)10-4-5-13-25;1-2/h2-3,7-8,11-12,20H,4-6,9-10,13-15,25H2,1H3,(H,26,31)(H,27,29);1-2H3. The summed E-state index contributed by atoms with van der Waals surface area (Å²) < 4.78 is 5.07. The average molecular weight is 467 g/mol. The zero-order valence-electron chi connectivity index (χ0n) is 20.4. The predicted octanol–water partition coefficient (Wildman–Crippen LogP) is 2.88. The van der Waals surface area contributed by atoms with Gasteiger partial charge in [-0.15, -0.1) is 0 Å². The number of carbonyl (C=O) groups excluding carboxylic acids is 3. The Balaban J connectivity index is 0.00000199. The van der Waals surface area contributed by atoms with E-state index in [1.165, 1.54) is 0 Å². The lowest BCUT2D eigenvalue weighted by Gasteiger charge is -2.23. The first-order valence-corrected chi connectivity index (χ1v) is 12.0. The van der Waals surface area contributed by atoms with Gasteiger partial charge in [0.2, 0.25) is 11.8 Å². The number of rotatable bonds is 10. The molecule has 2 aromatic rings. The van der Waals surface area contributed by atoms with Crippen molar-refractivity contribution in [1.82, 2.24) is 10.2 Å². The van der Waals surface area contributed by atoms with Crippen LogP contribution in [0.25, 0.3) is 10.8 Å². The van der Waals surface area contributed by atoms with Crippen LogP contribution < -0.4 is 16.4 Å². The molecule has 0 aromatic heterocycles. The molecular formula is C25H36BN4O4. The van der Waals surface area contributed by atoms with Crippen LogP contribution in [0.5, 0.6) is 0 Å². The number of nitrogens with zero attached hydrogens (tertiary/aromatic N) is 1. The second kappa shape index (κ2) is 14.4. The van der Waals surface area contributed by atoms with E-state index in [9.17, 15) is 14.4 Å². The molecule has 0 spiro atoms. The summed E-state index contributed by atoms with van der Waals surface area (Å²) in [6, 6.07) is 10.8. The van der Waals surface area contributed by atoms with Gasteiger partial charge in [0.1, 0.15) is 0 Å². The third-order valence-corrected chi connectivity index (χ3v) is 5.61. The van der Waals surface area contributed by atoms with Gasteiger partial charge in [-0.05, 0) is 49.7 Å². The third kappa shape index (κ3) is 7.30. The molecule has 1 fully saturated rings. The lowest BCUT2D eigenvalue weighted by Crippen LogP contribution is -2.45. The number of likely N-dealkylation sites (tertiary alicyclic amines) is 1. The van der Waals surface area contributed by atoms with Gasteiger partial charge < -0.3 is 25.9 Å². The molecule has 8 nitrogen and oxygen atoms in total. The quantitative estimate of drug-likeness (QED) is 0.367. The molecule has 9 heteroatoms. The Morgan fingerprint density at radius 1 is 1.12 bits per heavy atom. The zero-order chi connectivity index (χ0) is 24.9. The van der Waals surface area contributed by atoms with Crippen LogP contribution in [0, 0.1) is 0 Å². The van der Waals surface area contributed by atoms with Crippen molar-refractivity contribution in [1.29, 1.82) is 0 Å². The van der Waals surface area contributed by atoms with Gasteiger partial charge in [-0.1, -0.05) is 38.1 Å². The van der Waals surface area contributed by atoms with Crippen LogP contribution in [0.1, 0.15) is 56.3 Å². The minimum Gasteiger partial charge on any atom is -0.441 e. The van der Waals surface area contributed by atoms with Gasteiger partial charge in [0.05, 0.1) is 6.54 Å². The van der Waals surface area contributed by atoms with Crippen LogP contribution in [0.15, 0.2) is 36.4 Å². The zero-order valence-corrected chi connectivity index (χ0v) is 20.4. The summed E-state index contributed by atoms with van der Waals surface area (Å²) >= 11 is 0. The molecule has 1 radical (unpaired) electrons. The fraction of sp³-hybridized carbons (Fsp3) is 0.480. The first kappa shape index (κ1) is 27.3. The van der Waals surface area contributed by atoms with Crippen molar-refractivity contribution in [2.24, 2.45) is 5.73 Å². The van der Waals surface area contributed by atoms with Gasteiger partial charge in [-0.25, -0.2) is 0 Å². The molecule has 2 aromatic carbocycles. The molecule has 3 rings (SSSR count). The Hall–Kier alpha value is -2.91. The fourth-order valence-electron chi connectivity index (χ4n) is 4.00. The van der Waals surface area contributed by atoms with Gasteiger partial charge in [0, 0.05) is 42.7 Å². The molecule has 1 aliphatic rings. The molecular weight excluding hydrogens is 431 g/mol. The van der Waals surface area contributed by atoms with Crippen molar-refractivity contribution < 1.29 is 19.0 Å². The lowest BCUT2D eigenvalue weighted by atomic mass is 9.86. The summed E-state index contributed by atoms with van der Waals surface area (Å²) in [5.74, 6) is -0.612. The van der Waals surface area contributed by atoms with E-state index in [0.717, 1.165) is 31.1 Å². The Morgan fingerprint density at radius 2 is 1.85 bits per heavy atom. The van der Waals surface area contributed by atoms with E-state index < -0.39 is 0 Å². The molecule has 1 unspecified atom stereocenters. The fourth-order valence-corrected chi connectivity index (χ4v) is 4.00. The highest BCUT2D eigenvalue weighted by Gasteiger charge is 2.29. The average Bonchev–Trinajstić information content (AvgIpc) is 3.32. The number of amides is 3. The first-order valence-electron chi connectivity index (χ1n) is 12.0. The Kier molecular flexibility index (Phi) is 11.6. The summed E-state index contributed by atoms with van der Waals surface area (Å²) in [5.41, 5.74) is 6.59. The Labute approximate surface area is 202 Å². The minimum absolute atomic E-state index is 0.0574. The van der Waals surface area contributed by atoms with Gasteiger partial charge in [0.15, 0.2) is 0 Å². The predicted molar refractivity (Wildman–Crippen MR) is 137 cm³/mol. The molecule has 34 heavy (non-hydrogen) atoms. The van der Waals surface area contributed by atoms with E-state index in [1.54, 1.807) is 31.6 Å². The molecule has 183 valence electrons. The summed E-state index contributed by atoms with van der Waals surface area (Å²) in [6.07, 6.45) is 3.70. The Bertz CT molecular complexity index is 969. The third-order valence-electron chi connectivity index (χ3n) is 5.61. The summed E-state index contributed by atoms with van der Waals surface area (Å²) in [7, 11) is 3.23. The largest absolute Gasteiger partial charge is 0.441 e. The number of benzene rings is 2. The monoisotopic (exact) mass is 467 g/mol. The maximum absolute atomic E-state index is 12.9. The van der Waals surface area contributed by atoms with Gasteiger partial charge in [0.25, 0.3) is 5.91 Å². The van der Waals surface area contributed by atoms with Gasteiger partial charge in [-0.3, -0.25) is 14.4 Å². The molecule has 0 saturated carbocycles. The highest BCUT2D eigenvalue weighted by Crippen LogP contribution is 2.27. The van der Waals surface area contributed by atoms with Gasteiger partial charge >= 0.3 is 7.48 Å². The first-order chi connectivity index (χ1) is 16.5. The second-order valence-electron chi connectivity index (χ2n) is 7.85. The van der Waals surface area contributed by atoms with E-state index in [-0.39, 0.29) is 30.2 Å². The molecule has 4 N–H and O–H groups in total. The number of fused-ring (bicyclic) bond motifs is 1. The number of nitrogens with one attached hydrogen (secondary N) is 2. The van der Waals surface area contributed by atoms with Crippen molar-refractivity contribution >= 4 is 41.7 Å². The van der Waals surface area contributed by atoms with Crippen LogP contribution in [-0.4, -0.2) is 62.8 Å². The van der Waals surface area contributed by atoms with E-state index in [4.69, 9.17) is 10.4 Å². The number of carbonyl (C=O) groups is 3. The second-order valence-corrected chi connectivity index (χ2v) is 7.85. The number of nitrogens with two attached hydrogens (primary N) is 1. The van der Waals surface area contributed by atoms with Crippen LogP contribution in [0.2, 0.25) is 0 Å². The molecule has 0 aliphatic carbocycles. The van der Waals surface area contributed by atoms with Crippen molar-refractivity contribution in [3.05, 3.63) is 42.0 Å². The summed E-state index contributed by atoms with van der Waals surface area (Å²) in [4.78, 5) is 39.4. The number of hydrogen-bond donors (Lipinski definition) is 3. The van der Waals surface area contributed by atoms with Crippen molar-refractivity contribution in [3.63, 3.8) is 0 Å². The highest BCUT2D eigenvalue weighted by molar-refractivity contribution is 6.30. The summed E-state index contributed by atoms with van der Waals surface area (Å²) in [5, 5.41) is 7.15. The van der Waals surface area contributed by atoms with Crippen LogP contribution in [0.4, 0.5) is 5.69 Å². The van der Waals surface area contributed by atoms with Crippen LogP contribution >= 0.6 is 0 Å². The topological polar surface area (TPSA) is 114 Å². The maximum Gasteiger partial charge on any atom is 0.316 e. The highest BCUT2D eigenvalue weighted by atomic mass is 16.4. The minimum atomic E-state index is -0.332. The van der Waals surface area contributed by atoms with E-state index >= 15 is 0 Å². The van der Waals surface area contributed by atoms with Crippen molar-refractivity contribution in [2.45, 2.75) is 51.9 Å². The summed E-state index contributed by atoms with van der Waals surface area (Å²) in [6.45, 7) is 5.13. The number of unbranched alkanes of at least 4 members (excludes halogenated alkanes) is 1. The lowest BCUT2D eigenvalue weighted by molar-refractivity contribution is -0.129. The number of hydrogen-bond acceptors (Lipinski definition) is 5. The maximum atomic E-state index is 12.9. The Morgan fingerprint density at radius 3 is 2.56 bits per heavy atom. The van der Waals surface area contributed by atoms with E-state index in [1.807, 2.05) is 38.1 Å². The van der Waals surface area contributed by atoms with Crippen LogP contribution in [-0.2, 0) is 14.2 Å². The molecule has 1 atom stereocenters. The van der Waals surface area contributed by atoms with Gasteiger partial charge in [-0.2, -0.15) is 0 Å². The molecule has 1 saturated heterocycles. The SMILES string of the molecule is CC.CO[B]C1CCCN1C(=O)CNC(=O)c1ccc(NC(=O)CCCCN)c2ccccc12. The van der Waals surface area contributed by atoms with Crippen molar-refractivity contribution in [3.8, 4) is 0 Å². The van der Waals surface area contributed by atoms with Crippen molar-refractivity contribution in [2.75, 3.05) is 32.1 Å².